The van der Waals surface area contributed by atoms with Gasteiger partial charge in [0, 0.05) is 35.3 Å². The third kappa shape index (κ3) is 5.72. The Kier molecular flexibility index (Phi) is 7.30. The summed E-state index contributed by atoms with van der Waals surface area (Å²) in [6.45, 7) is 2.66. The number of para-hydroxylation sites is 1. The zero-order chi connectivity index (χ0) is 28.6. The second kappa shape index (κ2) is 11.0. The van der Waals surface area contributed by atoms with Gasteiger partial charge in [-0.25, -0.2) is 0 Å². The maximum atomic E-state index is 14.2. The van der Waals surface area contributed by atoms with Crippen molar-refractivity contribution in [3.05, 3.63) is 118 Å². The van der Waals surface area contributed by atoms with E-state index in [1.54, 1.807) is 6.07 Å². The van der Waals surface area contributed by atoms with Crippen molar-refractivity contribution in [3.63, 3.8) is 0 Å². The second-order valence-corrected chi connectivity index (χ2v) is 12.3. The van der Waals surface area contributed by atoms with E-state index in [9.17, 15) is 10.1 Å². The standard InChI is InChI=1S/C35H33ClN4O/c1-40(2)16-14-26(15-17-40)34(30-11-10-28-20-31(36)13-12-27(28)19-30)38-35(41)33-21-29-8-3-4-9-32(29)39(33)23-25-7-5-6-24(18-25)22-37/h3-13,18-21,26,34H,14-17,23H2,1-2H3/p+1/t34-/m1/s1. The number of nitrogens with zero attached hydrogens (tertiary/aromatic N) is 3. The summed E-state index contributed by atoms with van der Waals surface area (Å²) < 4.78 is 3.07. The highest BCUT2D eigenvalue weighted by atomic mass is 35.5. The molecule has 5 aromatic rings. The van der Waals surface area contributed by atoms with Gasteiger partial charge in [0.05, 0.1) is 44.9 Å². The van der Waals surface area contributed by atoms with Gasteiger partial charge in [0.25, 0.3) is 5.91 Å². The molecule has 6 heteroatoms. The number of likely N-dealkylation sites (tertiary alicyclic amines) is 1. The van der Waals surface area contributed by atoms with Gasteiger partial charge >= 0.3 is 0 Å². The molecule has 1 aliphatic heterocycles. The average molecular weight is 562 g/mol. The number of benzene rings is 4. The van der Waals surface area contributed by atoms with Crippen LogP contribution in [0.2, 0.25) is 5.02 Å². The van der Waals surface area contributed by atoms with Crippen molar-refractivity contribution >= 4 is 39.2 Å². The summed E-state index contributed by atoms with van der Waals surface area (Å²) in [5.74, 6) is 0.248. The maximum Gasteiger partial charge on any atom is 0.268 e. The van der Waals surface area contributed by atoms with E-state index in [4.69, 9.17) is 11.6 Å². The highest BCUT2D eigenvalue weighted by molar-refractivity contribution is 6.31. The molecule has 1 amide bonds. The maximum absolute atomic E-state index is 14.2. The molecule has 6 rings (SSSR count). The monoisotopic (exact) mass is 561 g/mol. The van der Waals surface area contributed by atoms with E-state index in [1.807, 2.05) is 66.7 Å². The summed E-state index contributed by atoms with van der Waals surface area (Å²) in [7, 11) is 4.56. The van der Waals surface area contributed by atoms with Crippen molar-refractivity contribution < 1.29 is 9.28 Å². The number of hydrogen-bond donors (Lipinski definition) is 1. The van der Waals surface area contributed by atoms with Gasteiger partial charge in [-0.2, -0.15) is 5.26 Å². The third-order valence-electron chi connectivity index (χ3n) is 8.59. The van der Waals surface area contributed by atoms with Gasteiger partial charge in [0.15, 0.2) is 0 Å². The minimum Gasteiger partial charge on any atom is -0.344 e. The average Bonchev–Trinajstić information content (AvgIpc) is 3.34. The first-order chi connectivity index (χ1) is 19.8. The van der Waals surface area contributed by atoms with Crippen molar-refractivity contribution in [1.29, 1.82) is 5.26 Å². The SMILES string of the molecule is C[N+]1(C)CCC([C@@H](NC(=O)c2cc3ccccc3n2Cc2cccc(C#N)c2)c2ccc3cc(Cl)ccc3c2)CC1. The van der Waals surface area contributed by atoms with Gasteiger partial charge in [-0.3, -0.25) is 4.79 Å². The number of fused-ring (bicyclic) bond motifs is 2. The number of quaternary nitrogens is 1. The smallest absolute Gasteiger partial charge is 0.268 e. The van der Waals surface area contributed by atoms with Crippen LogP contribution in [0.15, 0.2) is 91.0 Å². The minimum absolute atomic E-state index is 0.0850. The molecule has 1 fully saturated rings. The highest BCUT2D eigenvalue weighted by Crippen LogP contribution is 2.35. The Morgan fingerprint density at radius 2 is 1.71 bits per heavy atom. The van der Waals surface area contributed by atoms with Crippen LogP contribution in [-0.4, -0.2) is 42.1 Å². The van der Waals surface area contributed by atoms with Crippen LogP contribution in [0, 0.1) is 17.2 Å². The van der Waals surface area contributed by atoms with E-state index in [2.05, 4.69) is 48.2 Å². The Hall–Kier alpha value is -4.11. The van der Waals surface area contributed by atoms with Crippen molar-refractivity contribution in [3.8, 4) is 6.07 Å². The quantitative estimate of drug-likeness (QED) is 0.221. The van der Waals surface area contributed by atoms with Crippen LogP contribution in [0.5, 0.6) is 0 Å². The summed E-state index contributed by atoms with van der Waals surface area (Å²) in [6, 6.07) is 32.2. The van der Waals surface area contributed by atoms with Crippen LogP contribution in [-0.2, 0) is 6.54 Å². The molecular formula is C35H34ClN4O+. The van der Waals surface area contributed by atoms with Crippen LogP contribution in [0.25, 0.3) is 21.7 Å². The lowest BCUT2D eigenvalue weighted by atomic mass is 9.84. The molecule has 0 unspecified atom stereocenters. The molecule has 0 spiro atoms. The molecular weight excluding hydrogens is 528 g/mol. The van der Waals surface area contributed by atoms with E-state index in [0.29, 0.717) is 23.7 Å². The largest absolute Gasteiger partial charge is 0.344 e. The summed E-state index contributed by atoms with van der Waals surface area (Å²) in [5, 5.41) is 16.8. The Morgan fingerprint density at radius 3 is 2.51 bits per heavy atom. The predicted molar refractivity (Wildman–Crippen MR) is 166 cm³/mol. The van der Waals surface area contributed by atoms with E-state index < -0.39 is 0 Å². The molecule has 0 aliphatic carbocycles. The van der Waals surface area contributed by atoms with Crippen molar-refractivity contribution in [1.82, 2.24) is 9.88 Å². The topological polar surface area (TPSA) is 57.8 Å². The molecule has 1 aliphatic rings. The number of nitriles is 1. The Morgan fingerprint density at radius 1 is 0.951 bits per heavy atom. The highest BCUT2D eigenvalue weighted by Gasteiger charge is 2.34. The lowest BCUT2D eigenvalue weighted by Crippen LogP contribution is -2.48. The van der Waals surface area contributed by atoms with Gasteiger partial charge in [-0.05, 0) is 70.3 Å². The zero-order valence-electron chi connectivity index (χ0n) is 23.5. The number of piperidine rings is 1. The Labute approximate surface area is 246 Å². The zero-order valence-corrected chi connectivity index (χ0v) is 24.2. The number of halogens is 1. The fourth-order valence-electron chi connectivity index (χ4n) is 6.23. The molecule has 1 aromatic heterocycles. The van der Waals surface area contributed by atoms with Gasteiger partial charge < -0.3 is 14.4 Å². The number of carbonyl (C=O) groups is 1. The van der Waals surface area contributed by atoms with E-state index in [0.717, 1.165) is 68.2 Å². The number of hydrogen-bond acceptors (Lipinski definition) is 2. The van der Waals surface area contributed by atoms with Gasteiger partial charge in [-0.1, -0.05) is 60.1 Å². The fourth-order valence-corrected chi connectivity index (χ4v) is 6.41. The number of aromatic nitrogens is 1. The second-order valence-electron chi connectivity index (χ2n) is 11.9. The molecule has 1 atom stereocenters. The summed E-state index contributed by atoms with van der Waals surface area (Å²) in [5.41, 5.74) is 4.33. The Balaban J connectivity index is 1.38. The number of nitrogens with one attached hydrogen (secondary N) is 1. The lowest BCUT2D eigenvalue weighted by molar-refractivity contribution is -0.896. The lowest BCUT2D eigenvalue weighted by Gasteiger charge is -2.40. The van der Waals surface area contributed by atoms with E-state index in [-0.39, 0.29) is 11.9 Å². The fraction of sp³-hybridized carbons (Fsp3) is 0.257. The number of amides is 1. The van der Waals surface area contributed by atoms with Gasteiger partial charge in [-0.15, -0.1) is 0 Å². The first-order valence-electron chi connectivity index (χ1n) is 14.2. The van der Waals surface area contributed by atoms with Gasteiger partial charge in [0.2, 0.25) is 0 Å². The van der Waals surface area contributed by atoms with Crippen molar-refractivity contribution in [2.24, 2.45) is 5.92 Å². The molecule has 0 radical (unpaired) electrons. The van der Waals surface area contributed by atoms with Gasteiger partial charge in [0.1, 0.15) is 5.69 Å². The molecule has 0 saturated carbocycles. The number of rotatable bonds is 6. The van der Waals surface area contributed by atoms with E-state index >= 15 is 0 Å². The molecule has 206 valence electrons. The predicted octanol–water partition coefficient (Wildman–Crippen LogP) is 7.33. The summed E-state index contributed by atoms with van der Waals surface area (Å²) >= 11 is 6.25. The Bertz CT molecular complexity index is 1790. The third-order valence-corrected chi connectivity index (χ3v) is 8.83. The van der Waals surface area contributed by atoms with Crippen LogP contribution < -0.4 is 5.32 Å². The van der Waals surface area contributed by atoms with Crippen molar-refractivity contribution in [2.75, 3.05) is 27.2 Å². The van der Waals surface area contributed by atoms with Crippen LogP contribution in [0.3, 0.4) is 0 Å². The normalized spacial score (nSPS) is 16.0. The minimum atomic E-state index is -0.115. The molecule has 4 aromatic carbocycles. The first kappa shape index (κ1) is 27.1. The summed E-state index contributed by atoms with van der Waals surface area (Å²) in [6.07, 6.45) is 2.08. The molecule has 41 heavy (non-hydrogen) atoms. The first-order valence-corrected chi connectivity index (χ1v) is 14.6. The molecule has 1 saturated heterocycles. The molecule has 2 heterocycles. The number of carbonyl (C=O) groups excluding carboxylic acids is 1. The summed E-state index contributed by atoms with van der Waals surface area (Å²) in [4.78, 5) is 14.2. The van der Waals surface area contributed by atoms with Crippen LogP contribution >= 0.6 is 11.6 Å². The van der Waals surface area contributed by atoms with E-state index in [1.165, 1.54) is 0 Å². The molecule has 0 bridgehead atoms. The van der Waals surface area contributed by atoms with Crippen molar-refractivity contribution in [2.45, 2.75) is 25.4 Å². The van der Waals surface area contributed by atoms with Crippen LogP contribution in [0.1, 0.15) is 46.1 Å². The molecule has 5 nitrogen and oxygen atoms in total. The van der Waals surface area contributed by atoms with Crippen LogP contribution in [0.4, 0.5) is 0 Å². The molecule has 1 N–H and O–H groups in total.